The SMILES string of the molecule is COc1ccc(CCN2C=CC=CC2C)cc1. The largest absolute Gasteiger partial charge is 0.497 e. The van der Waals surface area contributed by atoms with E-state index in [1.165, 1.54) is 5.56 Å². The van der Waals surface area contributed by atoms with Gasteiger partial charge in [-0.25, -0.2) is 0 Å². The van der Waals surface area contributed by atoms with E-state index in [2.05, 4.69) is 48.4 Å². The maximum absolute atomic E-state index is 5.15. The van der Waals surface area contributed by atoms with E-state index >= 15 is 0 Å². The highest BCUT2D eigenvalue weighted by Gasteiger charge is 2.08. The maximum Gasteiger partial charge on any atom is 0.118 e. The Bertz CT molecular complexity index is 405. The predicted octanol–water partition coefficient (Wildman–Crippen LogP) is 3.01. The molecule has 2 rings (SSSR count). The molecular weight excluding hydrogens is 210 g/mol. The van der Waals surface area contributed by atoms with E-state index in [0.717, 1.165) is 18.7 Å². The zero-order valence-corrected chi connectivity index (χ0v) is 10.5. The normalized spacial score (nSPS) is 18.5. The van der Waals surface area contributed by atoms with Gasteiger partial charge in [0, 0.05) is 12.6 Å². The van der Waals surface area contributed by atoms with Gasteiger partial charge in [-0.05, 0) is 43.3 Å². The molecule has 0 saturated carbocycles. The average Bonchev–Trinajstić information content (AvgIpc) is 2.38. The van der Waals surface area contributed by atoms with Gasteiger partial charge in [-0.1, -0.05) is 24.3 Å². The summed E-state index contributed by atoms with van der Waals surface area (Å²) in [5, 5.41) is 0. The van der Waals surface area contributed by atoms with E-state index in [0.29, 0.717) is 6.04 Å². The molecule has 0 N–H and O–H groups in total. The number of hydrogen-bond acceptors (Lipinski definition) is 2. The first-order chi connectivity index (χ1) is 8.29. The zero-order chi connectivity index (χ0) is 12.1. The molecule has 1 heterocycles. The molecule has 2 nitrogen and oxygen atoms in total. The molecule has 0 aliphatic carbocycles. The molecule has 17 heavy (non-hydrogen) atoms. The Balaban J connectivity index is 1.89. The fraction of sp³-hybridized carbons (Fsp3) is 0.333. The van der Waals surface area contributed by atoms with Crippen molar-refractivity contribution in [1.29, 1.82) is 0 Å². The van der Waals surface area contributed by atoms with Crippen molar-refractivity contribution >= 4 is 0 Å². The molecule has 1 unspecified atom stereocenters. The van der Waals surface area contributed by atoms with Gasteiger partial charge in [-0.15, -0.1) is 0 Å². The number of allylic oxidation sites excluding steroid dienone is 2. The quantitative estimate of drug-likeness (QED) is 0.787. The number of ether oxygens (including phenoxy) is 1. The lowest BCUT2D eigenvalue weighted by molar-refractivity contribution is 0.336. The Kier molecular flexibility index (Phi) is 3.86. The van der Waals surface area contributed by atoms with Crippen LogP contribution in [0.3, 0.4) is 0 Å². The van der Waals surface area contributed by atoms with Crippen LogP contribution in [0.1, 0.15) is 12.5 Å². The molecule has 1 aliphatic rings. The predicted molar refractivity (Wildman–Crippen MR) is 71.1 cm³/mol. The van der Waals surface area contributed by atoms with Crippen molar-refractivity contribution < 1.29 is 4.74 Å². The molecule has 1 aromatic carbocycles. The van der Waals surface area contributed by atoms with Crippen LogP contribution in [0.5, 0.6) is 5.75 Å². The smallest absolute Gasteiger partial charge is 0.118 e. The average molecular weight is 229 g/mol. The lowest BCUT2D eigenvalue weighted by Gasteiger charge is -2.27. The fourth-order valence-electron chi connectivity index (χ4n) is 1.96. The summed E-state index contributed by atoms with van der Waals surface area (Å²) in [6.45, 7) is 3.27. The fourth-order valence-corrected chi connectivity index (χ4v) is 1.96. The van der Waals surface area contributed by atoms with Gasteiger partial charge in [0.2, 0.25) is 0 Å². The lowest BCUT2D eigenvalue weighted by atomic mass is 10.1. The van der Waals surface area contributed by atoms with Crippen LogP contribution in [0.4, 0.5) is 0 Å². The van der Waals surface area contributed by atoms with Gasteiger partial charge in [-0.3, -0.25) is 0 Å². The first-order valence-electron chi connectivity index (χ1n) is 6.03. The van der Waals surface area contributed by atoms with Crippen LogP contribution in [0.25, 0.3) is 0 Å². The monoisotopic (exact) mass is 229 g/mol. The van der Waals surface area contributed by atoms with Crippen LogP contribution >= 0.6 is 0 Å². The molecule has 0 aromatic heterocycles. The molecule has 0 spiro atoms. The minimum Gasteiger partial charge on any atom is -0.497 e. The van der Waals surface area contributed by atoms with Crippen LogP contribution in [0.2, 0.25) is 0 Å². The van der Waals surface area contributed by atoms with E-state index < -0.39 is 0 Å². The van der Waals surface area contributed by atoms with Crippen LogP contribution < -0.4 is 4.74 Å². The van der Waals surface area contributed by atoms with Gasteiger partial charge in [0.1, 0.15) is 5.75 Å². The van der Waals surface area contributed by atoms with Crippen molar-refractivity contribution in [2.24, 2.45) is 0 Å². The van der Waals surface area contributed by atoms with Gasteiger partial charge in [0.25, 0.3) is 0 Å². The summed E-state index contributed by atoms with van der Waals surface area (Å²) in [5.41, 5.74) is 1.35. The van der Waals surface area contributed by atoms with Crippen molar-refractivity contribution in [3.63, 3.8) is 0 Å². The Morgan fingerprint density at radius 2 is 1.94 bits per heavy atom. The van der Waals surface area contributed by atoms with Crippen LogP contribution in [-0.2, 0) is 6.42 Å². The summed E-state index contributed by atoms with van der Waals surface area (Å²) >= 11 is 0. The standard InChI is InChI=1S/C15H19NO/c1-13-5-3-4-11-16(13)12-10-14-6-8-15(17-2)9-7-14/h3-9,11,13H,10,12H2,1-2H3. The van der Waals surface area contributed by atoms with Crippen LogP contribution in [-0.4, -0.2) is 24.6 Å². The third-order valence-electron chi connectivity index (χ3n) is 3.12. The minimum absolute atomic E-state index is 0.498. The van der Waals surface area contributed by atoms with E-state index in [4.69, 9.17) is 4.74 Å². The van der Waals surface area contributed by atoms with Gasteiger partial charge in [0.05, 0.1) is 7.11 Å². The number of hydrogen-bond donors (Lipinski definition) is 0. The second kappa shape index (κ2) is 5.58. The van der Waals surface area contributed by atoms with E-state index in [9.17, 15) is 0 Å². The van der Waals surface area contributed by atoms with Crippen molar-refractivity contribution in [1.82, 2.24) is 4.90 Å². The molecular formula is C15H19NO. The lowest BCUT2D eigenvalue weighted by Crippen LogP contribution is -2.29. The summed E-state index contributed by atoms with van der Waals surface area (Å²) in [4.78, 5) is 2.35. The molecule has 2 heteroatoms. The number of methoxy groups -OCH3 is 1. The molecule has 1 aromatic rings. The first kappa shape index (κ1) is 11.8. The van der Waals surface area contributed by atoms with Gasteiger partial charge < -0.3 is 9.64 Å². The second-order valence-corrected chi connectivity index (χ2v) is 4.30. The number of nitrogens with zero attached hydrogens (tertiary/aromatic N) is 1. The molecule has 90 valence electrons. The Morgan fingerprint density at radius 1 is 1.18 bits per heavy atom. The van der Waals surface area contributed by atoms with E-state index in [1.807, 2.05) is 12.1 Å². The summed E-state index contributed by atoms with van der Waals surface area (Å²) in [6, 6.07) is 8.80. The second-order valence-electron chi connectivity index (χ2n) is 4.30. The molecule has 0 radical (unpaired) electrons. The van der Waals surface area contributed by atoms with Gasteiger partial charge in [0.15, 0.2) is 0 Å². The highest BCUT2D eigenvalue weighted by Crippen LogP contribution is 2.13. The van der Waals surface area contributed by atoms with Gasteiger partial charge >= 0.3 is 0 Å². The van der Waals surface area contributed by atoms with Crippen LogP contribution in [0, 0.1) is 0 Å². The van der Waals surface area contributed by atoms with Crippen LogP contribution in [0.15, 0.2) is 48.7 Å². The number of benzene rings is 1. The summed E-state index contributed by atoms with van der Waals surface area (Å²) < 4.78 is 5.15. The Morgan fingerprint density at radius 3 is 2.59 bits per heavy atom. The van der Waals surface area contributed by atoms with Crippen molar-refractivity contribution in [3.05, 3.63) is 54.3 Å². The van der Waals surface area contributed by atoms with Gasteiger partial charge in [-0.2, -0.15) is 0 Å². The highest BCUT2D eigenvalue weighted by molar-refractivity contribution is 5.27. The van der Waals surface area contributed by atoms with Crippen molar-refractivity contribution in [2.75, 3.05) is 13.7 Å². The highest BCUT2D eigenvalue weighted by atomic mass is 16.5. The first-order valence-corrected chi connectivity index (χ1v) is 6.03. The zero-order valence-electron chi connectivity index (χ0n) is 10.5. The molecule has 0 saturated heterocycles. The molecule has 0 bridgehead atoms. The number of rotatable bonds is 4. The topological polar surface area (TPSA) is 12.5 Å². The molecule has 1 aliphatic heterocycles. The minimum atomic E-state index is 0.498. The van der Waals surface area contributed by atoms with E-state index in [1.54, 1.807) is 7.11 Å². The molecule has 0 fully saturated rings. The summed E-state index contributed by atoms with van der Waals surface area (Å²) in [5.74, 6) is 0.919. The molecule has 0 amide bonds. The Hall–Kier alpha value is -1.70. The Labute approximate surface area is 103 Å². The third kappa shape index (κ3) is 3.13. The molecule has 1 atom stereocenters. The van der Waals surface area contributed by atoms with Crippen molar-refractivity contribution in [3.8, 4) is 5.75 Å². The van der Waals surface area contributed by atoms with E-state index in [-0.39, 0.29) is 0 Å². The summed E-state index contributed by atoms with van der Waals surface area (Å²) in [7, 11) is 1.70. The third-order valence-corrected chi connectivity index (χ3v) is 3.12. The maximum atomic E-state index is 5.15. The van der Waals surface area contributed by atoms with Crippen molar-refractivity contribution in [2.45, 2.75) is 19.4 Å². The summed E-state index contributed by atoms with van der Waals surface area (Å²) in [6.07, 6.45) is 9.64.